The molecule has 4 aromatic rings. The molecule has 0 aliphatic heterocycles. The summed E-state index contributed by atoms with van der Waals surface area (Å²) in [6, 6.07) is 20.2. The van der Waals surface area contributed by atoms with Crippen LogP contribution in [0.15, 0.2) is 90.1 Å². The van der Waals surface area contributed by atoms with Crippen LogP contribution in [0.4, 0.5) is 24.7 Å². The highest BCUT2D eigenvalue weighted by Crippen LogP contribution is 2.28. The lowest BCUT2D eigenvalue weighted by molar-refractivity contribution is -0.274. The van der Waals surface area contributed by atoms with Crippen molar-refractivity contribution < 1.29 is 26.3 Å². The van der Waals surface area contributed by atoms with E-state index in [9.17, 15) is 21.6 Å². The van der Waals surface area contributed by atoms with Crippen molar-refractivity contribution in [3.05, 3.63) is 96.3 Å². The molecule has 0 radical (unpaired) electrons. The first-order valence-corrected chi connectivity index (χ1v) is 12.5. The minimum absolute atomic E-state index is 0.0236. The topological polar surface area (TPSA) is 108 Å². The average Bonchev–Trinajstić information content (AvgIpc) is 2.89. The fourth-order valence-electron chi connectivity index (χ4n) is 3.55. The lowest BCUT2D eigenvalue weighted by Gasteiger charge is -2.20. The molecule has 0 saturated heterocycles. The minimum Gasteiger partial charge on any atom is -0.406 e. The third-order valence-electron chi connectivity index (χ3n) is 5.38. The minimum atomic E-state index is -4.75. The van der Waals surface area contributed by atoms with Gasteiger partial charge in [0.15, 0.2) is 5.82 Å². The SMILES string of the molecule is CN(Cc1ccc(-c2nccnc2NS(=O)(=O)c2ccc(C#N)cc2)cc1)c1ccc(OC(F)(F)F)cc1. The van der Waals surface area contributed by atoms with Crippen LogP contribution in [0.5, 0.6) is 5.75 Å². The van der Waals surface area contributed by atoms with Crippen LogP contribution in [0.25, 0.3) is 11.3 Å². The molecule has 8 nitrogen and oxygen atoms in total. The van der Waals surface area contributed by atoms with Gasteiger partial charge in [0, 0.05) is 37.2 Å². The number of ether oxygens (including phenoxy) is 1. The normalized spacial score (nSPS) is 11.4. The van der Waals surface area contributed by atoms with E-state index in [2.05, 4.69) is 19.4 Å². The Balaban J connectivity index is 1.48. The number of alkyl halides is 3. The summed E-state index contributed by atoms with van der Waals surface area (Å²) in [5, 5.41) is 8.92. The van der Waals surface area contributed by atoms with Gasteiger partial charge < -0.3 is 9.64 Å². The number of rotatable bonds is 8. The van der Waals surface area contributed by atoms with Crippen LogP contribution in [0.3, 0.4) is 0 Å². The number of aromatic nitrogens is 2. The van der Waals surface area contributed by atoms with Gasteiger partial charge in [0.1, 0.15) is 11.4 Å². The van der Waals surface area contributed by atoms with Gasteiger partial charge in [-0.05, 0) is 54.1 Å². The Labute approximate surface area is 217 Å². The van der Waals surface area contributed by atoms with E-state index in [-0.39, 0.29) is 16.5 Å². The highest BCUT2D eigenvalue weighted by molar-refractivity contribution is 7.92. The predicted octanol–water partition coefficient (Wildman–Crippen LogP) is 5.35. The van der Waals surface area contributed by atoms with Gasteiger partial charge >= 0.3 is 6.36 Å². The molecule has 3 aromatic carbocycles. The molecule has 12 heteroatoms. The molecule has 0 saturated carbocycles. The maximum atomic E-state index is 12.9. The molecule has 0 atom stereocenters. The molecular formula is C26H20F3N5O3S. The Morgan fingerprint density at radius 3 is 2.18 bits per heavy atom. The van der Waals surface area contributed by atoms with E-state index >= 15 is 0 Å². The van der Waals surface area contributed by atoms with E-state index in [1.165, 1.54) is 60.9 Å². The second kappa shape index (κ2) is 10.8. The molecule has 0 aliphatic carbocycles. The summed E-state index contributed by atoms with van der Waals surface area (Å²) < 4.78 is 69.2. The molecule has 0 spiro atoms. The summed E-state index contributed by atoms with van der Waals surface area (Å²) >= 11 is 0. The number of nitrogens with zero attached hydrogens (tertiary/aromatic N) is 4. The predicted molar refractivity (Wildman–Crippen MR) is 135 cm³/mol. The summed E-state index contributed by atoms with van der Waals surface area (Å²) in [6.45, 7) is 0.457. The monoisotopic (exact) mass is 539 g/mol. The maximum absolute atomic E-state index is 12.9. The second-order valence-electron chi connectivity index (χ2n) is 8.09. The second-order valence-corrected chi connectivity index (χ2v) is 9.77. The number of sulfonamides is 1. The van der Waals surface area contributed by atoms with Gasteiger partial charge in [-0.15, -0.1) is 13.2 Å². The van der Waals surface area contributed by atoms with Crippen LogP contribution < -0.4 is 14.4 Å². The van der Waals surface area contributed by atoms with E-state index < -0.39 is 16.4 Å². The van der Waals surface area contributed by atoms with E-state index in [1.54, 1.807) is 19.2 Å². The molecule has 1 aromatic heterocycles. The average molecular weight is 540 g/mol. The number of hydrogen-bond donors (Lipinski definition) is 1. The van der Waals surface area contributed by atoms with Crippen molar-refractivity contribution in [1.82, 2.24) is 9.97 Å². The van der Waals surface area contributed by atoms with E-state index in [1.807, 2.05) is 23.1 Å². The van der Waals surface area contributed by atoms with Crippen LogP contribution in [0.2, 0.25) is 0 Å². The zero-order valence-electron chi connectivity index (χ0n) is 19.8. The van der Waals surface area contributed by atoms with Crippen molar-refractivity contribution in [2.45, 2.75) is 17.8 Å². The number of nitrogens with one attached hydrogen (secondary N) is 1. The summed E-state index contributed by atoms with van der Waals surface area (Å²) in [6.07, 6.45) is -1.93. The molecule has 0 unspecified atom stereocenters. The summed E-state index contributed by atoms with van der Waals surface area (Å²) in [5.41, 5.74) is 2.87. The Morgan fingerprint density at radius 2 is 1.58 bits per heavy atom. The van der Waals surface area contributed by atoms with Gasteiger partial charge in [-0.1, -0.05) is 24.3 Å². The molecule has 194 valence electrons. The van der Waals surface area contributed by atoms with Gasteiger partial charge in [0.25, 0.3) is 10.0 Å². The number of anilines is 2. The first-order chi connectivity index (χ1) is 18.0. The fourth-order valence-corrected chi connectivity index (χ4v) is 4.57. The molecule has 38 heavy (non-hydrogen) atoms. The van der Waals surface area contributed by atoms with Crippen LogP contribution in [0.1, 0.15) is 11.1 Å². The van der Waals surface area contributed by atoms with Gasteiger partial charge in [0.05, 0.1) is 16.5 Å². The van der Waals surface area contributed by atoms with Crippen molar-refractivity contribution in [3.8, 4) is 23.1 Å². The van der Waals surface area contributed by atoms with Crippen molar-refractivity contribution in [2.75, 3.05) is 16.7 Å². The van der Waals surface area contributed by atoms with E-state index in [4.69, 9.17) is 5.26 Å². The van der Waals surface area contributed by atoms with Crippen molar-refractivity contribution >= 4 is 21.5 Å². The zero-order valence-corrected chi connectivity index (χ0v) is 20.7. The van der Waals surface area contributed by atoms with Crippen molar-refractivity contribution in [3.63, 3.8) is 0 Å². The van der Waals surface area contributed by atoms with E-state index in [0.717, 1.165) is 5.56 Å². The van der Waals surface area contributed by atoms with Crippen molar-refractivity contribution in [2.24, 2.45) is 0 Å². The molecule has 0 fully saturated rings. The largest absolute Gasteiger partial charge is 0.573 e. The lowest BCUT2D eigenvalue weighted by Crippen LogP contribution is -2.18. The quantitative estimate of drug-likeness (QED) is 0.322. The van der Waals surface area contributed by atoms with Crippen LogP contribution >= 0.6 is 0 Å². The zero-order chi connectivity index (χ0) is 27.3. The number of nitriles is 1. The first kappa shape index (κ1) is 26.4. The van der Waals surface area contributed by atoms with E-state index in [0.29, 0.717) is 29.1 Å². The standard InChI is InChI=1S/C26H20F3N5O3S/c1-34(21-8-10-22(11-9-21)37-26(27,28)29)17-19-2-6-20(7-3-19)24-25(32-15-14-31-24)33-38(35,36)23-12-4-18(16-30)5-13-23/h2-15H,17H2,1H3,(H,32,33). The Kier molecular flexibility index (Phi) is 7.50. The highest BCUT2D eigenvalue weighted by Gasteiger charge is 2.31. The molecule has 4 rings (SSSR count). The number of halogens is 3. The van der Waals surface area contributed by atoms with Gasteiger partial charge in [-0.3, -0.25) is 9.71 Å². The summed E-state index contributed by atoms with van der Waals surface area (Å²) in [4.78, 5) is 10.3. The third kappa shape index (κ3) is 6.57. The third-order valence-corrected chi connectivity index (χ3v) is 6.74. The maximum Gasteiger partial charge on any atom is 0.573 e. The lowest BCUT2D eigenvalue weighted by atomic mass is 10.1. The van der Waals surface area contributed by atoms with Crippen LogP contribution in [-0.4, -0.2) is 31.8 Å². The Hall–Kier alpha value is -4.63. The van der Waals surface area contributed by atoms with Gasteiger partial charge in [0.2, 0.25) is 0 Å². The van der Waals surface area contributed by atoms with Gasteiger partial charge in [-0.25, -0.2) is 13.4 Å². The number of hydrogen-bond acceptors (Lipinski definition) is 7. The van der Waals surface area contributed by atoms with Crippen LogP contribution in [0, 0.1) is 11.3 Å². The molecule has 0 amide bonds. The summed E-state index contributed by atoms with van der Waals surface area (Å²) in [7, 11) is -2.18. The molecule has 1 heterocycles. The summed E-state index contributed by atoms with van der Waals surface area (Å²) in [5.74, 6) is -0.253. The van der Waals surface area contributed by atoms with Crippen molar-refractivity contribution in [1.29, 1.82) is 5.26 Å². The first-order valence-electron chi connectivity index (χ1n) is 11.0. The smallest absolute Gasteiger partial charge is 0.406 e. The van der Waals surface area contributed by atoms with Gasteiger partial charge in [-0.2, -0.15) is 5.26 Å². The molecule has 1 N–H and O–H groups in total. The molecular weight excluding hydrogens is 519 g/mol. The Bertz CT molecular complexity index is 1550. The Morgan fingerprint density at radius 1 is 0.947 bits per heavy atom. The molecule has 0 bridgehead atoms. The highest BCUT2D eigenvalue weighted by atomic mass is 32.2. The molecule has 0 aliphatic rings. The fraction of sp³-hybridized carbons (Fsp3) is 0.115. The number of benzene rings is 3. The van der Waals surface area contributed by atoms with Crippen LogP contribution in [-0.2, 0) is 16.6 Å².